The first kappa shape index (κ1) is 16.1. The fourth-order valence-electron chi connectivity index (χ4n) is 2.84. The Morgan fingerprint density at radius 3 is 2.67 bits per heavy atom. The summed E-state index contributed by atoms with van der Waals surface area (Å²) < 4.78 is 5.13. The lowest BCUT2D eigenvalue weighted by Crippen LogP contribution is -2.40. The number of amides is 1. The van der Waals surface area contributed by atoms with Gasteiger partial charge in [-0.2, -0.15) is 4.98 Å². The van der Waals surface area contributed by atoms with E-state index >= 15 is 0 Å². The number of anilines is 2. The van der Waals surface area contributed by atoms with Crippen LogP contribution in [0.25, 0.3) is 0 Å². The van der Waals surface area contributed by atoms with E-state index in [-0.39, 0.29) is 17.8 Å². The first-order valence-electron chi connectivity index (χ1n) is 7.99. The molecule has 4 N–H and O–H groups in total. The number of methoxy groups -OCH3 is 1. The third-order valence-corrected chi connectivity index (χ3v) is 4.28. The van der Waals surface area contributed by atoms with Crippen LogP contribution in [0.15, 0.2) is 24.3 Å². The molecule has 1 saturated heterocycles. The van der Waals surface area contributed by atoms with Crippen molar-refractivity contribution in [1.29, 1.82) is 0 Å². The highest BCUT2D eigenvalue weighted by molar-refractivity contribution is 5.78. The Balaban J connectivity index is 1.46. The van der Waals surface area contributed by atoms with Crippen molar-refractivity contribution in [3.63, 3.8) is 0 Å². The van der Waals surface area contributed by atoms with Crippen molar-refractivity contribution in [2.24, 2.45) is 5.92 Å². The van der Waals surface area contributed by atoms with E-state index in [0.717, 1.165) is 37.2 Å². The maximum atomic E-state index is 12.3. The summed E-state index contributed by atoms with van der Waals surface area (Å²) in [5.74, 6) is 1.85. The number of H-pyrrole nitrogens is 1. The molecular weight excluding hydrogens is 308 g/mol. The Kier molecular flexibility index (Phi) is 4.83. The number of benzene rings is 1. The topological polar surface area (TPSA) is 109 Å². The highest BCUT2D eigenvalue weighted by atomic mass is 16.5. The van der Waals surface area contributed by atoms with Crippen LogP contribution in [0.1, 0.15) is 18.4 Å². The fourth-order valence-corrected chi connectivity index (χ4v) is 2.84. The van der Waals surface area contributed by atoms with Crippen molar-refractivity contribution in [3.05, 3.63) is 29.8 Å². The van der Waals surface area contributed by atoms with Gasteiger partial charge in [0.15, 0.2) is 0 Å². The summed E-state index contributed by atoms with van der Waals surface area (Å²) in [6, 6.07) is 7.69. The number of carbonyl (C=O) groups excluding carboxylic acids is 1. The normalized spacial score (nSPS) is 15.3. The number of nitrogens with one attached hydrogen (secondary N) is 2. The minimum absolute atomic E-state index is 0.0276. The largest absolute Gasteiger partial charge is 0.497 e. The molecule has 0 aliphatic carbocycles. The summed E-state index contributed by atoms with van der Waals surface area (Å²) in [6.45, 7) is 2.05. The van der Waals surface area contributed by atoms with E-state index in [0.29, 0.717) is 12.5 Å². The van der Waals surface area contributed by atoms with Gasteiger partial charge >= 0.3 is 0 Å². The Labute approximate surface area is 140 Å². The third kappa shape index (κ3) is 3.76. The molecule has 0 unspecified atom stereocenters. The predicted molar refractivity (Wildman–Crippen MR) is 90.6 cm³/mol. The van der Waals surface area contributed by atoms with Crippen LogP contribution in [0, 0.1) is 5.92 Å². The van der Waals surface area contributed by atoms with E-state index in [1.165, 1.54) is 0 Å². The Bertz CT molecular complexity index is 676. The van der Waals surface area contributed by atoms with Gasteiger partial charge in [0.05, 0.1) is 7.11 Å². The van der Waals surface area contributed by atoms with E-state index in [2.05, 4.69) is 25.4 Å². The molecule has 0 radical (unpaired) electrons. The molecule has 0 spiro atoms. The lowest BCUT2D eigenvalue weighted by Gasteiger charge is -2.30. The monoisotopic (exact) mass is 330 g/mol. The summed E-state index contributed by atoms with van der Waals surface area (Å²) >= 11 is 0. The quantitative estimate of drug-likeness (QED) is 0.752. The van der Waals surface area contributed by atoms with Crippen molar-refractivity contribution in [2.75, 3.05) is 30.8 Å². The number of hydrogen-bond donors (Lipinski definition) is 3. The first-order chi connectivity index (χ1) is 11.7. The molecule has 24 heavy (non-hydrogen) atoms. The lowest BCUT2D eigenvalue weighted by molar-refractivity contribution is -0.125. The zero-order valence-electron chi connectivity index (χ0n) is 13.7. The molecule has 2 heterocycles. The van der Waals surface area contributed by atoms with Crippen molar-refractivity contribution in [1.82, 2.24) is 20.5 Å². The van der Waals surface area contributed by atoms with Gasteiger partial charge in [0.2, 0.25) is 17.8 Å². The van der Waals surface area contributed by atoms with Crippen LogP contribution < -0.4 is 20.7 Å². The van der Waals surface area contributed by atoms with Crippen molar-refractivity contribution in [3.8, 4) is 5.75 Å². The molecular formula is C16H22N6O2. The molecule has 1 aromatic carbocycles. The van der Waals surface area contributed by atoms with Crippen molar-refractivity contribution >= 4 is 17.8 Å². The zero-order chi connectivity index (χ0) is 16.9. The summed E-state index contributed by atoms with van der Waals surface area (Å²) in [5.41, 5.74) is 6.58. The van der Waals surface area contributed by atoms with Crippen molar-refractivity contribution < 1.29 is 9.53 Å². The molecule has 2 aromatic rings. The van der Waals surface area contributed by atoms with Crippen LogP contribution in [0.5, 0.6) is 5.75 Å². The van der Waals surface area contributed by atoms with Gasteiger partial charge in [0.1, 0.15) is 5.75 Å². The molecule has 1 aliphatic heterocycles. The van der Waals surface area contributed by atoms with Gasteiger partial charge < -0.3 is 20.7 Å². The van der Waals surface area contributed by atoms with E-state index in [1.54, 1.807) is 7.11 Å². The van der Waals surface area contributed by atoms with Crippen LogP contribution in [-0.2, 0) is 11.3 Å². The number of piperidine rings is 1. The molecule has 8 nitrogen and oxygen atoms in total. The second-order valence-electron chi connectivity index (χ2n) is 5.84. The molecule has 1 fully saturated rings. The van der Waals surface area contributed by atoms with Crippen LogP contribution >= 0.6 is 0 Å². The summed E-state index contributed by atoms with van der Waals surface area (Å²) in [6.07, 6.45) is 1.57. The first-order valence-corrected chi connectivity index (χ1v) is 7.99. The molecule has 3 rings (SSSR count). The van der Waals surface area contributed by atoms with Gasteiger partial charge in [0, 0.05) is 25.6 Å². The molecule has 1 aromatic heterocycles. The molecule has 1 amide bonds. The van der Waals surface area contributed by atoms with Gasteiger partial charge in [-0.05, 0) is 30.5 Å². The summed E-state index contributed by atoms with van der Waals surface area (Å²) in [7, 11) is 1.64. The Morgan fingerprint density at radius 2 is 2.08 bits per heavy atom. The third-order valence-electron chi connectivity index (χ3n) is 4.28. The molecule has 1 aliphatic rings. The van der Waals surface area contributed by atoms with Gasteiger partial charge in [-0.25, -0.2) is 5.10 Å². The maximum absolute atomic E-state index is 12.3. The second-order valence-corrected chi connectivity index (χ2v) is 5.84. The summed E-state index contributed by atoms with van der Waals surface area (Å²) in [4.78, 5) is 18.5. The minimum Gasteiger partial charge on any atom is -0.497 e. The number of nitrogen functional groups attached to an aromatic ring is 1. The zero-order valence-corrected chi connectivity index (χ0v) is 13.7. The summed E-state index contributed by atoms with van der Waals surface area (Å²) in [5, 5.41) is 9.65. The smallest absolute Gasteiger partial charge is 0.241 e. The highest BCUT2D eigenvalue weighted by Gasteiger charge is 2.26. The molecule has 0 saturated carbocycles. The van der Waals surface area contributed by atoms with Crippen LogP contribution in [0.4, 0.5) is 11.9 Å². The fraction of sp³-hybridized carbons (Fsp3) is 0.438. The SMILES string of the molecule is COc1ccc(CNC(=O)C2CCN(c3nc(N)n[nH]3)CC2)cc1. The number of aromatic nitrogens is 3. The van der Waals surface area contributed by atoms with E-state index in [1.807, 2.05) is 24.3 Å². The number of carbonyl (C=O) groups is 1. The van der Waals surface area contributed by atoms with Crippen molar-refractivity contribution in [2.45, 2.75) is 19.4 Å². The number of hydrogen-bond acceptors (Lipinski definition) is 6. The van der Waals surface area contributed by atoms with E-state index in [4.69, 9.17) is 10.5 Å². The lowest BCUT2D eigenvalue weighted by atomic mass is 9.96. The number of nitrogens with zero attached hydrogens (tertiary/aromatic N) is 3. The van der Waals surface area contributed by atoms with Crippen LogP contribution in [-0.4, -0.2) is 41.3 Å². The maximum Gasteiger partial charge on any atom is 0.241 e. The number of rotatable bonds is 5. The number of ether oxygens (including phenoxy) is 1. The molecule has 8 heteroatoms. The Morgan fingerprint density at radius 1 is 1.38 bits per heavy atom. The van der Waals surface area contributed by atoms with Gasteiger partial charge in [-0.15, -0.1) is 5.10 Å². The standard InChI is InChI=1S/C16H22N6O2/c1-24-13-4-2-11(3-5-13)10-18-14(23)12-6-8-22(9-7-12)16-19-15(17)20-21-16/h2-5,12H,6-10H2,1H3,(H,18,23)(H3,17,19,20,21). The number of aromatic amines is 1. The Hall–Kier alpha value is -2.77. The molecule has 0 bridgehead atoms. The molecule has 128 valence electrons. The van der Waals surface area contributed by atoms with Gasteiger partial charge in [0.25, 0.3) is 0 Å². The minimum atomic E-state index is 0.0276. The van der Waals surface area contributed by atoms with E-state index < -0.39 is 0 Å². The average Bonchev–Trinajstić information content (AvgIpc) is 3.06. The predicted octanol–water partition coefficient (Wildman–Crippen LogP) is 0.928. The second kappa shape index (κ2) is 7.20. The molecule has 0 atom stereocenters. The van der Waals surface area contributed by atoms with E-state index in [9.17, 15) is 4.79 Å². The van der Waals surface area contributed by atoms with Gasteiger partial charge in [-0.1, -0.05) is 12.1 Å². The average molecular weight is 330 g/mol. The number of nitrogens with two attached hydrogens (primary N) is 1. The van der Waals surface area contributed by atoms with Crippen LogP contribution in [0.2, 0.25) is 0 Å². The highest BCUT2D eigenvalue weighted by Crippen LogP contribution is 2.21. The van der Waals surface area contributed by atoms with Crippen LogP contribution in [0.3, 0.4) is 0 Å². The van der Waals surface area contributed by atoms with Gasteiger partial charge in [-0.3, -0.25) is 4.79 Å².